The number of phenols is 3. The molecule has 0 fully saturated rings. The predicted octanol–water partition coefficient (Wildman–Crippen LogP) is 1.26. The molecule has 0 radical (unpaired) electrons. The van der Waals surface area contributed by atoms with Gasteiger partial charge in [0.2, 0.25) is 5.78 Å². The van der Waals surface area contributed by atoms with Gasteiger partial charge in [-0.3, -0.25) is 9.59 Å². The van der Waals surface area contributed by atoms with E-state index in [9.17, 15) is 24.9 Å². The molecule has 0 aromatic heterocycles. The smallest absolute Gasteiger partial charge is 0.202 e. The van der Waals surface area contributed by atoms with Crippen LogP contribution in [0.4, 0.5) is 5.69 Å². The SMILES string of the molecule is Cc1cc(O)c2c(c1)C(=O)c1c(NCCN)c(O)cc(O)c1C2=O. The summed E-state index contributed by atoms with van der Waals surface area (Å²) in [6.07, 6.45) is 0. The zero-order chi connectivity index (χ0) is 17.6. The fourth-order valence-electron chi connectivity index (χ4n) is 2.93. The molecule has 7 nitrogen and oxygen atoms in total. The van der Waals surface area contributed by atoms with Gasteiger partial charge in [0, 0.05) is 24.7 Å². The molecule has 7 heteroatoms. The van der Waals surface area contributed by atoms with Gasteiger partial charge in [-0.1, -0.05) is 0 Å². The topological polar surface area (TPSA) is 133 Å². The lowest BCUT2D eigenvalue weighted by molar-refractivity contribution is 0.0974. The van der Waals surface area contributed by atoms with E-state index >= 15 is 0 Å². The molecule has 0 unspecified atom stereocenters. The Labute approximate surface area is 137 Å². The van der Waals surface area contributed by atoms with Gasteiger partial charge in [0.15, 0.2) is 5.78 Å². The largest absolute Gasteiger partial charge is 0.507 e. The number of anilines is 1. The highest BCUT2D eigenvalue weighted by Gasteiger charge is 2.37. The number of hydrogen-bond acceptors (Lipinski definition) is 7. The summed E-state index contributed by atoms with van der Waals surface area (Å²) in [5.74, 6) is -2.45. The van der Waals surface area contributed by atoms with Crippen LogP contribution in [-0.2, 0) is 0 Å². The molecule has 2 aromatic rings. The number of ketones is 2. The van der Waals surface area contributed by atoms with Crippen LogP contribution in [0.3, 0.4) is 0 Å². The summed E-state index contributed by atoms with van der Waals surface area (Å²) in [6.45, 7) is 2.19. The molecule has 1 aliphatic carbocycles. The van der Waals surface area contributed by atoms with Gasteiger partial charge in [0.1, 0.15) is 17.2 Å². The lowest BCUT2D eigenvalue weighted by atomic mass is 9.81. The van der Waals surface area contributed by atoms with Crippen LogP contribution in [-0.4, -0.2) is 40.0 Å². The fourth-order valence-corrected chi connectivity index (χ4v) is 2.93. The van der Waals surface area contributed by atoms with Crippen molar-refractivity contribution >= 4 is 17.3 Å². The van der Waals surface area contributed by atoms with E-state index in [1.807, 2.05) is 0 Å². The fraction of sp³-hybridized carbons (Fsp3) is 0.176. The molecule has 124 valence electrons. The lowest BCUT2D eigenvalue weighted by Crippen LogP contribution is -2.24. The van der Waals surface area contributed by atoms with Crippen LogP contribution >= 0.6 is 0 Å². The van der Waals surface area contributed by atoms with Crippen LogP contribution < -0.4 is 11.1 Å². The Balaban J connectivity index is 2.33. The maximum atomic E-state index is 12.9. The third-order valence-electron chi connectivity index (χ3n) is 3.92. The van der Waals surface area contributed by atoms with Crippen LogP contribution in [0.2, 0.25) is 0 Å². The first-order valence-electron chi connectivity index (χ1n) is 7.32. The van der Waals surface area contributed by atoms with Crippen LogP contribution in [0.25, 0.3) is 0 Å². The van der Waals surface area contributed by atoms with E-state index in [0.29, 0.717) is 5.56 Å². The number of nitrogens with two attached hydrogens (primary N) is 1. The van der Waals surface area contributed by atoms with Crippen molar-refractivity contribution in [2.24, 2.45) is 5.73 Å². The maximum absolute atomic E-state index is 12.9. The van der Waals surface area contributed by atoms with Crippen LogP contribution in [0.1, 0.15) is 37.4 Å². The molecule has 0 saturated heterocycles. The molecule has 0 saturated carbocycles. The minimum Gasteiger partial charge on any atom is -0.507 e. The first-order valence-corrected chi connectivity index (χ1v) is 7.32. The summed E-state index contributed by atoms with van der Waals surface area (Å²) in [5, 5.41) is 33.0. The third kappa shape index (κ3) is 2.17. The number of benzene rings is 2. The highest BCUT2D eigenvalue weighted by molar-refractivity contribution is 6.32. The van der Waals surface area contributed by atoms with Crippen LogP contribution in [0, 0.1) is 6.92 Å². The molecule has 0 amide bonds. The Hall–Kier alpha value is -3.06. The summed E-state index contributed by atoms with van der Waals surface area (Å²) < 4.78 is 0. The van der Waals surface area contributed by atoms with E-state index in [4.69, 9.17) is 5.73 Å². The minimum atomic E-state index is -0.676. The number of nitrogens with one attached hydrogen (secondary N) is 1. The number of hydrogen-bond donors (Lipinski definition) is 5. The second-order valence-corrected chi connectivity index (χ2v) is 5.62. The second-order valence-electron chi connectivity index (χ2n) is 5.62. The number of fused-ring (bicyclic) bond motifs is 2. The zero-order valence-corrected chi connectivity index (χ0v) is 12.9. The Morgan fingerprint density at radius 1 is 0.917 bits per heavy atom. The van der Waals surface area contributed by atoms with Crippen LogP contribution in [0.5, 0.6) is 17.2 Å². The molecular formula is C17H16N2O5. The number of carbonyl (C=O) groups is 2. The molecule has 0 atom stereocenters. The maximum Gasteiger partial charge on any atom is 0.202 e. The van der Waals surface area contributed by atoms with Crippen molar-refractivity contribution in [1.29, 1.82) is 0 Å². The lowest BCUT2D eigenvalue weighted by Gasteiger charge is -2.23. The highest BCUT2D eigenvalue weighted by Crippen LogP contribution is 2.43. The summed E-state index contributed by atoms with van der Waals surface area (Å²) in [4.78, 5) is 25.6. The number of phenolic OH excluding ortho intramolecular Hbond substituents is 3. The summed E-state index contributed by atoms with van der Waals surface area (Å²) in [7, 11) is 0. The quantitative estimate of drug-likeness (QED) is 0.361. The number of rotatable bonds is 3. The molecule has 24 heavy (non-hydrogen) atoms. The van der Waals surface area contributed by atoms with Gasteiger partial charge >= 0.3 is 0 Å². The van der Waals surface area contributed by atoms with Crippen LogP contribution in [0.15, 0.2) is 18.2 Å². The monoisotopic (exact) mass is 328 g/mol. The number of aromatic hydroxyl groups is 3. The first kappa shape index (κ1) is 15.8. The molecule has 0 heterocycles. The minimum absolute atomic E-state index is 0.0331. The summed E-state index contributed by atoms with van der Waals surface area (Å²) in [6, 6.07) is 3.85. The standard InChI is InChI=1S/C17H16N2O5/c1-7-4-8-12(9(20)5-7)17(24)13-10(21)6-11(22)15(19-3-2-18)14(13)16(8)23/h4-6,19-22H,2-3,18H2,1H3. The van der Waals surface area contributed by atoms with E-state index in [-0.39, 0.29) is 52.5 Å². The predicted molar refractivity (Wildman–Crippen MR) is 87.0 cm³/mol. The Morgan fingerprint density at radius 3 is 2.25 bits per heavy atom. The van der Waals surface area contributed by atoms with E-state index in [0.717, 1.165) is 6.07 Å². The Kier molecular flexibility index (Phi) is 3.65. The third-order valence-corrected chi connectivity index (χ3v) is 3.92. The molecule has 1 aliphatic rings. The average molecular weight is 328 g/mol. The molecular weight excluding hydrogens is 312 g/mol. The Morgan fingerprint density at radius 2 is 1.58 bits per heavy atom. The van der Waals surface area contributed by atoms with Crippen molar-refractivity contribution in [3.05, 3.63) is 46.0 Å². The summed E-state index contributed by atoms with van der Waals surface area (Å²) in [5.41, 5.74) is 5.60. The first-order chi connectivity index (χ1) is 11.4. The van der Waals surface area contributed by atoms with Crippen molar-refractivity contribution in [2.45, 2.75) is 6.92 Å². The van der Waals surface area contributed by atoms with Crippen molar-refractivity contribution in [2.75, 3.05) is 18.4 Å². The van der Waals surface area contributed by atoms with E-state index in [2.05, 4.69) is 5.32 Å². The molecule has 6 N–H and O–H groups in total. The molecule has 0 bridgehead atoms. The highest BCUT2D eigenvalue weighted by atomic mass is 16.3. The van der Waals surface area contributed by atoms with Gasteiger partial charge in [0.05, 0.1) is 22.4 Å². The van der Waals surface area contributed by atoms with Gasteiger partial charge in [-0.05, 0) is 24.6 Å². The molecule has 3 rings (SSSR count). The zero-order valence-electron chi connectivity index (χ0n) is 12.9. The molecule has 2 aromatic carbocycles. The van der Waals surface area contributed by atoms with Crippen molar-refractivity contribution in [3.63, 3.8) is 0 Å². The van der Waals surface area contributed by atoms with Gasteiger partial charge in [-0.15, -0.1) is 0 Å². The number of aryl methyl sites for hydroxylation is 1. The van der Waals surface area contributed by atoms with E-state index < -0.39 is 17.3 Å². The van der Waals surface area contributed by atoms with E-state index in [1.165, 1.54) is 12.1 Å². The molecule has 0 aliphatic heterocycles. The van der Waals surface area contributed by atoms with Crippen molar-refractivity contribution in [3.8, 4) is 17.2 Å². The Bertz CT molecular complexity index is 889. The van der Waals surface area contributed by atoms with Crippen molar-refractivity contribution in [1.82, 2.24) is 0 Å². The average Bonchev–Trinajstić information content (AvgIpc) is 2.50. The van der Waals surface area contributed by atoms with Gasteiger partial charge < -0.3 is 26.4 Å². The van der Waals surface area contributed by atoms with Gasteiger partial charge in [-0.2, -0.15) is 0 Å². The van der Waals surface area contributed by atoms with Crippen molar-refractivity contribution < 1.29 is 24.9 Å². The summed E-state index contributed by atoms with van der Waals surface area (Å²) >= 11 is 0. The normalized spacial score (nSPS) is 12.8. The molecule has 0 spiro atoms. The van der Waals surface area contributed by atoms with Gasteiger partial charge in [0.25, 0.3) is 0 Å². The second kappa shape index (κ2) is 5.54. The van der Waals surface area contributed by atoms with Gasteiger partial charge in [-0.25, -0.2) is 0 Å². The van der Waals surface area contributed by atoms with E-state index in [1.54, 1.807) is 6.92 Å². The number of carbonyl (C=O) groups excluding carboxylic acids is 2.